The largest absolute Gasteiger partial charge is 0.264 e. The lowest BCUT2D eigenvalue weighted by Gasteiger charge is -2.00. The number of isocyanates is 1. The molecule has 0 spiro atoms. The summed E-state index contributed by atoms with van der Waals surface area (Å²) in [6, 6.07) is 1.94. The number of hydrogen-bond acceptors (Lipinski definition) is 3. The van der Waals surface area contributed by atoms with Crippen LogP contribution in [0.15, 0.2) is 23.5 Å². The zero-order valence-corrected chi connectivity index (χ0v) is 6.95. The summed E-state index contributed by atoms with van der Waals surface area (Å²) in [6.07, 6.45) is 5.82. The third-order valence-corrected chi connectivity index (χ3v) is 1.70. The second-order valence-electron chi connectivity index (χ2n) is 2.53. The Balaban J connectivity index is 2.62. The highest BCUT2D eigenvalue weighted by molar-refractivity contribution is 5.33. The number of carbonyl (C=O) groups excluding carboxylic acids is 1. The number of rotatable bonds is 3. The van der Waals surface area contributed by atoms with Crippen molar-refractivity contribution in [2.45, 2.75) is 13.3 Å². The Morgan fingerprint density at radius 1 is 1.67 bits per heavy atom. The minimum atomic E-state index is 0.496. The van der Waals surface area contributed by atoms with Crippen molar-refractivity contribution in [3.05, 3.63) is 29.6 Å². The van der Waals surface area contributed by atoms with Gasteiger partial charge in [0.1, 0.15) is 0 Å². The summed E-state index contributed by atoms with van der Waals surface area (Å²) < 4.78 is 0. The van der Waals surface area contributed by atoms with Crippen molar-refractivity contribution < 1.29 is 4.79 Å². The molecule has 0 aliphatic heterocycles. The molecule has 3 heteroatoms. The van der Waals surface area contributed by atoms with E-state index in [0.29, 0.717) is 6.54 Å². The molecule has 1 aromatic rings. The van der Waals surface area contributed by atoms with E-state index in [1.54, 1.807) is 12.4 Å². The molecule has 0 atom stereocenters. The van der Waals surface area contributed by atoms with Crippen LogP contribution in [0.3, 0.4) is 0 Å². The molecule has 0 saturated carbocycles. The minimum Gasteiger partial charge on any atom is -0.264 e. The van der Waals surface area contributed by atoms with Gasteiger partial charge in [-0.15, -0.1) is 0 Å². The Kier molecular flexibility index (Phi) is 3.17. The van der Waals surface area contributed by atoms with E-state index < -0.39 is 0 Å². The summed E-state index contributed by atoms with van der Waals surface area (Å²) in [5, 5.41) is 0. The number of aliphatic imine (C=N–C) groups is 1. The van der Waals surface area contributed by atoms with E-state index in [2.05, 4.69) is 9.98 Å². The van der Waals surface area contributed by atoms with Crippen LogP contribution in [0.25, 0.3) is 0 Å². The molecule has 0 aliphatic rings. The first kappa shape index (κ1) is 8.62. The molecule has 0 fully saturated rings. The SMILES string of the molecule is Cc1ccncc1CCN=C=O. The van der Waals surface area contributed by atoms with Crippen LogP contribution in [-0.2, 0) is 11.2 Å². The summed E-state index contributed by atoms with van der Waals surface area (Å²) in [5.74, 6) is 0. The molecule has 0 unspecified atom stereocenters. The van der Waals surface area contributed by atoms with Crippen LogP contribution in [-0.4, -0.2) is 17.6 Å². The van der Waals surface area contributed by atoms with Crippen LogP contribution in [0.2, 0.25) is 0 Å². The normalized spacial score (nSPS) is 9.08. The van der Waals surface area contributed by atoms with Crippen LogP contribution >= 0.6 is 0 Å². The van der Waals surface area contributed by atoms with Gasteiger partial charge in [0.05, 0.1) is 6.54 Å². The van der Waals surface area contributed by atoms with E-state index in [0.717, 1.165) is 12.0 Å². The predicted octanol–water partition coefficient (Wildman–Crippen LogP) is 1.27. The van der Waals surface area contributed by atoms with E-state index >= 15 is 0 Å². The Morgan fingerprint density at radius 3 is 3.17 bits per heavy atom. The van der Waals surface area contributed by atoms with Crippen molar-refractivity contribution in [2.75, 3.05) is 6.54 Å². The molecule has 0 bridgehead atoms. The Morgan fingerprint density at radius 2 is 2.50 bits per heavy atom. The van der Waals surface area contributed by atoms with Crippen molar-refractivity contribution in [3.8, 4) is 0 Å². The van der Waals surface area contributed by atoms with Crippen molar-refractivity contribution in [1.82, 2.24) is 4.98 Å². The van der Waals surface area contributed by atoms with Crippen molar-refractivity contribution in [3.63, 3.8) is 0 Å². The molecule has 0 radical (unpaired) electrons. The number of hydrogen-bond donors (Lipinski definition) is 0. The van der Waals surface area contributed by atoms with E-state index in [-0.39, 0.29) is 0 Å². The number of pyridine rings is 1. The molecular weight excluding hydrogens is 152 g/mol. The number of aryl methyl sites for hydroxylation is 1. The topological polar surface area (TPSA) is 42.3 Å². The van der Waals surface area contributed by atoms with Gasteiger partial charge in [-0.2, -0.15) is 0 Å². The fraction of sp³-hybridized carbons (Fsp3) is 0.333. The molecule has 1 heterocycles. The molecule has 0 aliphatic carbocycles. The monoisotopic (exact) mass is 162 g/mol. The highest BCUT2D eigenvalue weighted by atomic mass is 16.1. The van der Waals surface area contributed by atoms with Crippen LogP contribution < -0.4 is 0 Å². The van der Waals surface area contributed by atoms with Gasteiger partial charge in [-0.25, -0.2) is 9.79 Å². The van der Waals surface area contributed by atoms with E-state index in [9.17, 15) is 4.79 Å². The molecule has 0 saturated heterocycles. The maximum absolute atomic E-state index is 9.77. The quantitative estimate of drug-likeness (QED) is 0.496. The molecule has 1 aromatic heterocycles. The van der Waals surface area contributed by atoms with Gasteiger partial charge in [-0.05, 0) is 30.5 Å². The number of nitrogens with zero attached hydrogens (tertiary/aromatic N) is 2. The van der Waals surface area contributed by atoms with Crippen molar-refractivity contribution >= 4 is 6.08 Å². The van der Waals surface area contributed by atoms with Crippen LogP contribution in [0.1, 0.15) is 11.1 Å². The van der Waals surface area contributed by atoms with Crippen molar-refractivity contribution in [2.24, 2.45) is 4.99 Å². The lowest BCUT2D eigenvalue weighted by molar-refractivity contribution is 0.563. The Labute approximate surface area is 71.2 Å². The summed E-state index contributed by atoms with van der Waals surface area (Å²) in [7, 11) is 0. The average molecular weight is 162 g/mol. The zero-order chi connectivity index (χ0) is 8.81. The van der Waals surface area contributed by atoms with Gasteiger partial charge >= 0.3 is 0 Å². The van der Waals surface area contributed by atoms with Gasteiger partial charge in [0, 0.05) is 12.4 Å². The molecule has 0 N–H and O–H groups in total. The molecule has 3 nitrogen and oxygen atoms in total. The fourth-order valence-electron chi connectivity index (χ4n) is 0.980. The molecule has 1 rings (SSSR count). The summed E-state index contributed by atoms with van der Waals surface area (Å²) >= 11 is 0. The third kappa shape index (κ3) is 2.29. The first-order valence-corrected chi connectivity index (χ1v) is 3.77. The zero-order valence-electron chi connectivity index (χ0n) is 6.95. The predicted molar refractivity (Wildman–Crippen MR) is 45.7 cm³/mol. The smallest absolute Gasteiger partial charge is 0.234 e. The molecule has 12 heavy (non-hydrogen) atoms. The standard InChI is InChI=1S/C9H10N2O/c1-8-2-4-10-6-9(8)3-5-11-7-12/h2,4,6H,3,5H2,1H3. The molecule has 0 amide bonds. The van der Waals surface area contributed by atoms with Crippen LogP contribution in [0.4, 0.5) is 0 Å². The Hall–Kier alpha value is -1.47. The second kappa shape index (κ2) is 4.42. The van der Waals surface area contributed by atoms with E-state index in [1.165, 1.54) is 11.6 Å². The molecule has 62 valence electrons. The molecule has 0 aromatic carbocycles. The van der Waals surface area contributed by atoms with Gasteiger partial charge in [0.2, 0.25) is 6.08 Å². The maximum atomic E-state index is 9.77. The van der Waals surface area contributed by atoms with Gasteiger partial charge in [-0.1, -0.05) is 0 Å². The van der Waals surface area contributed by atoms with Gasteiger partial charge in [0.15, 0.2) is 0 Å². The van der Waals surface area contributed by atoms with Gasteiger partial charge in [0.25, 0.3) is 0 Å². The average Bonchev–Trinajstić information content (AvgIpc) is 2.09. The number of aromatic nitrogens is 1. The van der Waals surface area contributed by atoms with E-state index in [1.807, 2.05) is 13.0 Å². The molecular formula is C9H10N2O. The van der Waals surface area contributed by atoms with Crippen molar-refractivity contribution in [1.29, 1.82) is 0 Å². The lowest BCUT2D eigenvalue weighted by atomic mass is 10.1. The van der Waals surface area contributed by atoms with Crippen LogP contribution in [0, 0.1) is 6.92 Å². The summed E-state index contributed by atoms with van der Waals surface area (Å²) in [6.45, 7) is 2.51. The summed E-state index contributed by atoms with van der Waals surface area (Å²) in [5.41, 5.74) is 2.32. The minimum absolute atomic E-state index is 0.496. The second-order valence-corrected chi connectivity index (χ2v) is 2.53. The first-order chi connectivity index (χ1) is 5.84. The first-order valence-electron chi connectivity index (χ1n) is 3.77. The lowest BCUT2D eigenvalue weighted by Crippen LogP contribution is -1.93. The van der Waals surface area contributed by atoms with Gasteiger partial charge in [-0.3, -0.25) is 4.98 Å². The van der Waals surface area contributed by atoms with Crippen LogP contribution in [0.5, 0.6) is 0 Å². The van der Waals surface area contributed by atoms with E-state index in [4.69, 9.17) is 0 Å². The maximum Gasteiger partial charge on any atom is 0.234 e. The third-order valence-electron chi connectivity index (χ3n) is 1.70. The fourth-order valence-corrected chi connectivity index (χ4v) is 0.980. The highest BCUT2D eigenvalue weighted by Crippen LogP contribution is 2.05. The highest BCUT2D eigenvalue weighted by Gasteiger charge is 1.95. The van der Waals surface area contributed by atoms with Gasteiger partial charge < -0.3 is 0 Å². The Bertz CT molecular complexity index is 303. The summed E-state index contributed by atoms with van der Waals surface area (Å²) in [4.78, 5) is 17.2.